The van der Waals surface area contributed by atoms with Gasteiger partial charge in [0.15, 0.2) is 0 Å². The second-order valence-corrected chi connectivity index (χ2v) is 9.89. The van der Waals surface area contributed by atoms with E-state index in [2.05, 4.69) is 47.2 Å². The predicted octanol–water partition coefficient (Wildman–Crippen LogP) is 3.84. The molecule has 1 aliphatic carbocycles. The van der Waals surface area contributed by atoms with Gasteiger partial charge < -0.3 is 19.4 Å². The first-order chi connectivity index (χ1) is 16.1. The number of likely N-dealkylation sites (N-methyl/N-ethyl adjacent to an activating group) is 1. The molecule has 3 heterocycles. The van der Waals surface area contributed by atoms with Crippen LogP contribution in [0.5, 0.6) is 0 Å². The zero-order chi connectivity index (χ0) is 22.8. The standard InChI is InChI=1S/C27H36N4O2/c1-29-16-18-30(19-17-29)25-7-3-14-28-24(25)20-21-6-4-15-31(26(21)32)23-10-8-22(9-11-23)27(33-2)12-5-13-27/h3,7-11,14,21H,4-6,12-13,15-20H2,1-2H3/t21-/m0/s1. The molecule has 2 aromatic rings. The first-order valence-electron chi connectivity index (χ1n) is 12.4. The average molecular weight is 449 g/mol. The van der Waals surface area contributed by atoms with E-state index in [-0.39, 0.29) is 17.4 Å². The van der Waals surface area contributed by atoms with E-state index in [1.165, 1.54) is 17.7 Å². The number of carbonyl (C=O) groups excluding carboxylic acids is 1. The molecular formula is C27H36N4O2. The molecule has 1 aromatic heterocycles. The quantitative estimate of drug-likeness (QED) is 0.672. The van der Waals surface area contributed by atoms with Gasteiger partial charge in [-0.05, 0) is 69.0 Å². The Morgan fingerprint density at radius 2 is 1.79 bits per heavy atom. The molecule has 0 radical (unpaired) electrons. The third-order valence-electron chi connectivity index (χ3n) is 7.96. The van der Waals surface area contributed by atoms with Crippen molar-refractivity contribution in [1.29, 1.82) is 0 Å². The van der Waals surface area contributed by atoms with E-state index in [0.717, 1.165) is 69.8 Å². The molecule has 1 aromatic carbocycles. The van der Waals surface area contributed by atoms with Gasteiger partial charge in [-0.3, -0.25) is 9.78 Å². The fraction of sp³-hybridized carbons (Fsp3) is 0.556. The van der Waals surface area contributed by atoms with Gasteiger partial charge in [-0.1, -0.05) is 12.1 Å². The lowest BCUT2D eigenvalue weighted by molar-refractivity contribution is -0.123. The van der Waals surface area contributed by atoms with E-state index in [9.17, 15) is 4.79 Å². The highest BCUT2D eigenvalue weighted by molar-refractivity contribution is 5.96. The summed E-state index contributed by atoms with van der Waals surface area (Å²) in [7, 11) is 3.98. The Morgan fingerprint density at radius 3 is 2.45 bits per heavy atom. The van der Waals surface area contributed by atoms with Crippen molar-refractivity contribution >= 4 is 17.3 Å². The highest BCUT2D eigenvalue weighted by Gasteiger charge is 2.39. The molecule has 1 atom stereocenters. The molecule has 2 aliphatic heterocycles. The van der Waals surface area contributed by atoms with Gasteiger partial charge in [0.1, 0.15) is 0 Å². The highest BCUT2D eigenvalue weighted by Crippen LogP contribution is 2.44. The predicted molar refractivity (Wildman–Crippen MR) is 132 cm³/mol. The molecule has 176 valence electrons. The van der Waals surface area contributed by atoms with Crippen molar-refractivity contribution < 1.29 is 9.53 Å². The van der Waals surface area contributed by atoms with Crippen molar-refractivity contribution in [3.63, 3.8) is 0 Å². The van der Waals surface area contributed by atoms with E-state index in [0.29, 0.717) is 6.42 Å². The van der Waals surface area contributed by atoms with Gasteiger partial charge >= 0.3 is 0 Å². The number of carbonyl (C=O) groups is 1. The molecule has 0 bridgehead atoms. The second-order valence-electron chi connectivity index (χ2n) is 9.89. The van der Waals surface area contributed by atoms with Crippen LogP contribution in [0.3, 0.4) is 0 Å². The summed E-state index contributed by atoms with van der Waals surface area (Å²) in [5.41, 5.74) is 4.37. The molecule has 6 nitrogen and oxygen atoms in total. The Bertz CT molecular complexity index is 959. The molecule has 3 aliphatic rings. The number of benzene rings is 1. The normalized spacial score (nSPS) is 23.5. The third kappa shape index (κ3) is 4.38. The second kappa shape index (κ2) is 9.43. The first kappa shape index (κ1) is 22.4. The molecule has 1 saturated carbocycles. The number of nitrogens with zero attached hydrogens (tertiary/aromatic N) is 4. The van der Waals surface area contributed by atoms with Gasteiger partial charge in [-0.25, -0.2) is 0 Å². The SMILES string of the molecule is COC1(c2ccc(N3CCC[C@@H](Cc4ncccc4N4CCN(C)CC4)C3=O)cc2)CCC1. The van der Waals surface area contributed by atoms with Crippen LogP contribution in [-0.2, 0) is 21.6 Å². The summed E-state index contributed by atoms with van der Waals surface area (Å²) in [6.45, 7) is 4.93. The van der Waals surface area contributed by atoms with E-state index < -0.39 is 0 Å². The fourth-order valence-corrected chi connectivity index (χ4v) is 5.60. The van der Waals surface area contributed by atoms with Gasteiger partial charge in [0, 0.05) is 64.1 Å². The minimum atomic E-state index is -0.119. The van der Waals surface area contributed by atoms with Crippen LogP contribution in [0.25, 0.3) is 0 Å². The van der Waals surface area contributed by atoms with Gasteiger partial charge in [0.25, 0.3) is 0 Å². The summed E-state index contributed by atoms with van der Waals surface area (Å²) < 4.78 is 5.82. The van der Waals surface area contributed by atoms with Crippen LogP contribution in [0.15, 0.2) is 42.6 Å². The summed E-state index contributed by atoms with van der Waals surface area (Å²) in [6.07, 6.45) is 7.90. The first-order valence-corrected chi connectivity index (χ1v) is 12.4. The summed E-state index contributed by atoms with van der Waals surface area (Å²) in [5.74, 6) is 0.213. The third-order valence-corrected chi connectivity index (χ3v) is 7.96. The van der Waals surface area contributed by atoms with Crippen LogP contribution >= 0.6 is 0 Å². The lowest BCUT2D eigenvalue weighted by Crippen LogP contribution is -2.45. The number of piperazine rings is 1. The maximum absolute atomic E-state index is 13.5. The molecule has 6 heteroatoms. The fourth-order valence-electron chi connectivity index (χ4n) is 5.60. The number of piperidine rings is 1. The topological polar surface area (TPSA) is 48.9 Å². The van der Waals surface area contributed by atoms with E-state index in [4.69, 9.17) is 9.72 Å². The lowest BCUT2D eigenvalue weighted by Gasteiger charge is -2.41. The Morgan fingerprint density at radius 1 is 1.03 bits per heavy atom. The van der Waals surface area contributed by atoms with Crippen LogP contribution < -0.4 is 9.80 Å². The minimum absolute atomic E-state index is 0.0171. The number of anilines is 2. The molecule has 0 unspecified atom stereocenters. The Labute approximate surface area is 197 Å². The summed E-state index contributed by atoms with van der Waals surface area (Å²) >= 11 is 0. The van der Waals surface area contributed by atoms with Crippen molar-refractivity contribution in [3.8, 4) is 0 Å². The monoisotopic (exact) mass is 448 g/mol. The van der Waals surface area contributed by atoms with Crippen LogP contribution in [0, 0.1) is 5.92 Å². The van der Waals surface area contributed by atoms with Crippen LogP contribution in [0.4, 0.5) is 11.4 Å². The maximum atomic E-state index is 13.5. The number of rotatable bonds is 6. The molecule has 2 saturated heterocycles. The molecule has 0 spiro atoms. The van der Waals surface area contributed by atoms with Gasteiger partial charge in [0.05, 0.1) is 17.0 Å². The Hall–Kier alpha value is -2.44. The number of hydrogen-bond donors (Lipinski definition) is 0. The number of pyridine rings is 1. The number of hydrogen-bond acceptors (Lipinski definition) is 5. The van der Waals surface area contributed by atoms with Crippen LogP contribution in [0.2, 0.25) is 0 Å². The van der Waals surface area contributed by atoms with Gasteiger partial charge in [-0.2, -0.15) is 0 Å². The van der Waals surface area contributed by atoms with E-state index in [1.54, 1.807) is 7.11 Å². The molecule has 0 N–H and O–H groups in total. The van der Waals surface area contributed by atoms with E-state index >= 15 is 0 Å². The van der Waals surface area contributed by atoms with Crippen LogP contribution in [-0.4, -0.2) is 62.7 Å². The van der Waals surface area contributed by atoms with E-state index in [1.807, 2.05) is 17.2 Å². The van der Waals surface area contributed by atoms with Crippen molar-refractivity contribution in [2.75, 3.05) is 56.7 Å². The molecule has 5 rings (SSSR count). The Kier molecular flexibility index (Phi) is 6.39. The van der Waals surface area contributed by atoms with Crippen molar-refractivity contribution in [2.45, 2.75) is 44.1 Å². The lowest BCUT2D eigenvalue weighted by atomic mass is 9.75. The number of methoxy groups -OCH3 is 1. The largest absolute Gasteiger partial charge is 0.374 e. The molecular weight excluding hydrogens is 412 g/mol. The zero-order valence-corrected chi connectivity index (χ0v) is 20.0. The zero-order valence-electron chi connectivity index (χ0n) is 20.0. The number of aromatic nitrogens is 1. The Balaban J connectivity index is 1.30. The maximum Gasteiger partial charge on any atom is 0.230 e. The molecule has 3 fully saturated rings. The highest BCUT2D eigenvalue weighted by atomic mass is 16.5. The summed E-state index contributed by atoms with van der Waals surface area (Å²) in [5, 5.41) is 0. The van der Waals surface area contributed by atoms with Gasteiger partial charge in [0.2, 0.25) is 5.91 Å². The molecule has 1 amide bonds. The minimum Gasteiger partial charge on any atom is -0.374 e. The van der Waals surface area contributed by atoms with Crippen molar-refractivity contribution in [1.82, 2.24) is 9.88 Å². The average Bonchev–Trinajstić information content (AvgIpc) is 2.82. The summed E-state index contributed by atoms with van der Waals surface area (Å²) in [4.78, 5) is 25.0. The molecule has 33 heavy (non-hydrogen) atoms. The summed E-state index contributed by atoms with van der Waals surface area (Å²) in [6, 6.07) is 12.7. The van der Waals surface area contributed by atoms with Crippen molar-refractivity contribution in [3.05, 3.63) is 53.9 Å². The smallest absolute Gasteiger partial charge is 0.230 e. The van der Waals surface area contributed by atoms with Crippen molar-refractivity contribution in [2.24, 2.45) is 5.92 Å². The number of ether oxygens (including phenoxy) is 1. The number of amides is 1. The van der Waals surface area contributed by atoms with Crippen LogP contribution in [0.1, 0.15) is 43.4 Å². The van der Waals surface area contributed by atoms with Gasteiger partial charge in [-0.15, -0.1) is 0 Å².